The van der Waals surface area contributed by atoms with Crippen LogP contribution >= 0.6 is 0 Å². The molecule has 166 valence electrons. The lowest BCUT2D eigenvalue weighted by atomic mass is 9.96. The van der Waals surface area contributed by atoms with Gasteiger partial charge >= 0.3 is 6.18 Å². The van der Waals surface area contributed by atoms with E-state index in [9.17, 15) is 18.0 Å². The first-order valence-corrected chi connectivity index (χ1v) is 10.4. The molecule has 0 spiro atoms. The number of rotatable bonds is 3. The summed E-state index contributed by atoms with van der Waals surface area (Å²) in [6, 6.07) is 17.0. The number of hydrogen-bond acceptors (Lipinski definition) is 4. The van der Waals surface area contributed by atoms with Crippen molar-refractivity contribution in [1.82, 2.24) is 9.97 Å². The molecule has 0 fully saturated rings. The standard InChI is InChI=1S/C25H19F3N4O/c26-25(27,28)21-4-2-11-30-23(21)32-12-9-17-13-18(5-6-19(17)15-32)24(33)31-20-8-7-16-3-1-10-29-22(16)14-20/h1-8,10-11,13-14H,9,12,15H2,(H,31,33). The molecule has 0 aliphatic carbocycles. The number of pyridine rings is 2. The van der Waals surface area contributed by atoms with E-state index in [1.807, 2.05) is 36.4 Å². The average molecular weight is 448 g/mol. The molecule has 33 heavy (non-hydrogen) atoms. The molecule has 3 heterocycles. The maximum absolute atomic E-state index is 13.4. The van der Waals surface area contributed by atoms with E-state index >= 15 is 0 Å². The maximum atomic E-state index is 13.4. The van der Waals surface area contributed by atoms with Gasteiger partial charge in [0.05, 0.1) is 11.1 Å². The van der Waals surface area contributed by atoms with Gasteiger partial charge in [0.25, 0.3) is 5.91 Å². The summed E-state index contributed by atoms with van der Waals surface area (Å²) in [7, 11) is 0. The van der Waals surface area contributed by atoms with Crippen LogP contribution in [0.15, 0.2) is 73.1 Å². The third kappa shape index (κ3) is 4.24. The number of amides is 1. The molecule has 1 aliphatic heterocycles. The van der Waals surface area contributed by atoms with Gasteiger partial charge in [0.1, 0.15) is 5.82 Å². The normalized spacial score (nSPS) is 13.6. The molecule has 2 aromatic carbocycles. The SMILES string of the molecule is O=C(Nc1ccc2cccnc2c1)c1ccc2c(c1)CCN(c1ncccc1C(F)(F)F)C2. The summed E-state index contributed by atoms with van der Waals surface area (Å²) in [5, 5.41) is 3.87. The highest BCUT2D eigenvalue weighted by molar-refractivity contribution is 6.05. The highest BCUT2D eigenvalue weighted by atomic mass is 19.4. The minimum absolute atomic E-state index is 0.0672. The minimum Gasteiger partial charge on any atom is -0.351 e. The molecule has 8 heteroatoms. The van der Waals surface area contributed by atoms with Gasteiger partial charge in [0, 0.05) is 42.1 Å². The fourth-order valence-corrected chi connectivity index (χ4v) is 4.09. The predicted molar refractivity (Wildman–Crippen MR) is 120 cm³/mol. The number of fused-ring (bicyclic) bond motifs is 2. The topological polar surface area (TPSA) is 58.1 Å². The molecule has 0 radical (unpaired) electrons. The van der Waals surface area contributed by atoms with Gasteiger partial charge in [-0.2, -0.15) is 13.2 Å². The summed E-state index contributed by atoms with van der Waals surface area (Å²) in [6.45, 7) is 0.683. The van der Waals surface area contributed by atoms with Crippen molar-refractivity contribution in [2.45, 2.75) is 19.1 Å². The van der Waals surface area contributed by atoms with Gasteiger partial charge in [-0.3, -0.25) is 9.78 Å². The van der Waals surface area contributed by atoms with E-state index in [0.29, 0.717) is 30.8 Å². The summed E-state index contributed by atoms with van der Waals surface area (Å²) < 4.78 is 40.2. The third-order valence-corrected chi connectivity index (χ3v) is 5.74. The van der Waals surface area contributed by atoms with Crippen molar-refractivity contribution >= 4 is 28.3 Å². The number of halogens is 3. The Morgan fingerprint density at radius 1 is 0.939 bits per heavy atom. The molecule has 0 saturated carbocycles. The fourth-order valence-electron chi connectivity index (χ4n) is 4.09. The largest absolute Gasteiger partial charge is 0.419 e. The molecule has 0 unspecified atom stereocenters. The first kappa shape index (κ1) is 20.9. The van der Waals surface area contributed by atoms with E-state index in [1.165, 1.54) is 12.3 Å². The summed E-state index contributed by atoms with van der Waals surface area (Å²) in [5.74, 6) is -0.318. The molecule has 1 aliphatic rings. The van der Waals surface area contributed by atoms with Crippen LogP contribution in [0.1, 0.15) is 27.0 Å². The van der Waals surface area contributed by atoms with Crippen LogP contribution in [0.3, 0.4) is 0 Å². The Balaban J connectivity index is 1.34. The van der Waals surface area contributed by atoms with Crippen molar-refractivity contribution in [1.29, 1.82) is 0 Å². The van der Waals surface area contributed by atoms with Gasteiger partial charge in [-0.05, 0) is 60.0 Å². The van der Waals surface area contributed by atoms with E-state index in [-0.39, 0.29) is 11.7 Å². The number of aromatic nitrogens is 2. The Hall–Kier alpha value is -3.94. The van der Waals surface area contributed by atoms with E-state index in [4.69, 9.17) is 0 Å². The van der Waals surface area contributed by atoms with Crippen molar-refractivity contribution < 1.29 is 18.0 Å². The zero-order valence-electron chi connectivity index (χ0n) is 17.4. The van der Waals surface area contributed by atoms with Gasteiger partial charge in [-0.1, -0.05) is 18.2 Å². The lowest BCUT2D eigenvalue weighted by molar-refractivity contribution is -0.137. The van der Waals surface area contributed by atoms with Crippen LogP contribution in [-0.4, -0.2) is 22.4 Å². The molecule has 0 bridgehead atoms. The van der Waals surface area contributed by atoms with E-state index < -0.39 is 11.7 Å². The third-order valence-electron chi connectivity index (χ3n) is 5.74. The van der Waals surface area contributed by atoms with Crippen LogP contribution in [0.4, 0.5) is 24.7 Å². The van der Waals surface area contributed by atoms with Crippen molar-refractivity contribution in [2.75, 3.05) is 16.8 Å². The van der Waals surface area contributed by atoms with Gasteiger partial charge in [-0.25, -0.2) is 4.98 Å². The van der Waals surface area contributed by atoms with Crippen molar-refractivity contribution in [2.24, 2.45) is 0 Å². The van der Waals surface area contributed by atoms with Crippen LogP contribution in [0.5, 0.6) is 0 Å². The van der Waals surface area contributed by atoms with Crippen LogP contribution < -0.4 is 10.2 Å². The van der Waals surface area contributed by atoms with Crippen LogP contribution in [0.2, 0.25) is 0 Å². The molecule has 0 atom stereocenters. The molecule has 4 aromatic rings. The number of carbonyl (C=O) groups is 1. The number of nitrogens with one attached hydrogen (secondary N) is 1. The first-order chi connectivity index (χ1) is 15.9. The molecule has 0 saturated heterocycles. The number of carbonyl (C=O) groups excluding carboxylic acids is 1. The molecular weight excluding hydrogens is 429 g/mol. The maximum Gasteiger partial charge on any atom is 0.419 e. The quantitative estimate of drug-likeness (QED) is 0.452. The van der Waals surface area contributed by atoms with Crippen LogP contribution in [-0.2, 0) is 19.1 Å². The summed E-state index contributed by atoms with van der Waals surface area (Å²) >= 11 is 0. The molecule has 1 amide bonds. The minimum atomic E-state index is -4.47. The predicted octanol–water partition coefficient (Wildman–Crippen LogP) is 5.46. The van der Waals surface area contributed by atoms with E-state index in [2.05, 4.69) is 15.3 Å². The zero-order valence-corrected chi connectivity index (χ0v) is 17.4. The average Bonchev–Trinajstić information content (AvgIpc) is 2.82. The Morgan fingerprint density at radius 3 is 2.61 bits per heavy atom. The van der Waals surface area contributed by atoms with Gasteiger partial charge in [0.15, 0.2) is 0 Å². The van der Waals surface area contributed by atoms with Gasteiger partial charge < -0.3 is 10.2 Å². The second kappa shape index (κ2) is 8.20. The van der Waals surface area contributed by atoms with Crippen molar-refractivity contribution in [3.8, 4) is 0 Å². The lowest BCUT2D eigenvalue weighted by Crippen LogP contribution is -2.33. The highest BCUT2D eigenvalue weighted by Gasteiger charge is 2.36. The summed E-state index contributed by atoms with van der Waals surface area (Å²) in [6.07, 6.45) is -0.881. The molecule has 5 nitrogen and oxygen atoms in total. The Morgan fingerprint density at radius 2 is 1.76 bits per heavy atom. The van der Waals surface area contributed by atoms with E-state index in [0.717, 1.165) is 28.1 Å². The van der Waals surface area contributed by atoms with Crippen LogP contribution in [0.25, 0.3) is 10.9 Å². The van der Waals surface area contributed by atoms with Crippen molar-refractivity contribution in [3.05, 3.63) is 95.3 Å². The second-order valence-electron chi connectivity index (χ2n) is 7.89. The second-order valence-corrected chi connectivity index (χ2v) is 7.89. The monoisotopic (exact) mass is 448 g/mol. The summed E-state index contributed by atoms with van der Waals surface area (Å²) in [5.41, 5.74) is 3.01. The number of nitrogens with zero attached hydrogens (tertiary/aromatic N) is 3. The number of anilines is 2. The highest BCUT2D eigenvalue weighted by Crippen LogP contribution is 2.36. The molecule has 1 N–H and O–H groups in total. The van der Waals surface area contributed by atoms with Crippen molar-refractivity contribution in [3.63, 3.8) is 0 Å². The Kier molecular flexibility index (Phi) is 5.20. The van der Waals surface area contributed by atoms with E-state index in [1.54, 1.807) is 23.2 Å². The first-order valence-electron chi connectivity index (χ1n) is 10.4. The Labute approximate surface area is 187 Å². The summed E-state index contributed by atoms with van der Waals surface area (Å²) in [4.78, 5) is 22.7. The molecule has 5 rings (SSSR count). The number of benzene rings is 2. The van der Waals surface area contributed by atoms with Gasteiger partial charge in [-0.15, -0.1) is 0 Å². The fraction of sp³-hybridized carbons (Fsp3) is 0.160. The smallest absolute Gasteiger partial charge is 0.351 e. The zero-order chi connectivity index (χ0) is 23.0. The number of hydrogen-bond donors (Lipinski definition) is 1. The molecule has 2 aromatic heterocycles. The Bertz CT molecular complexity index is 1350. The molecular formula is C25H19F3N4O. The lowest BCUT2D eigenvalue weighted by Gasteiger charge is -2.31. The number of alkyl halides is 3. The van der Waals surface area contributed by atoms with Crippen LogP contribution in [0, 0.1) is 0 Å². The van der Waals surface area contributed by atoms with Gasteiger partial charge in [0.2, 0.25) is 0 Å².